The Morgan fingerprint density at radius 3 is 2.94 bits per heavy atom. The topological polar surface area (TPSA) is 47.1 Å². The molecule has 4 heteroatoms. The zero-order valence-electron chi connectivity index (χ0n) is 11.3. The van der Waals surface area contributed by atoms with Crippen LogP contribution in [0.1, 0.15) is 43.8 Å². The van der Waals surface area contributed by atoms with Crippen molar-refractivity contribution in [2.24, 2.45) is 18.7 Å². The quantitative estimate of drug-likeness (QED) is 0.885. The first-order valence-electron chi connectivity index (χ1n) is 7.23. The van der Waals surface area contributed by atoms with Gasteiger partial charge in [0.1, 0.15) is 0 Å². The third kappa shape index (κ3) is 1.97. The first-order chi connectivity index (χ1) is 8.81. The molecule has 0 bridgehead atoms. The highest BCUT2D eigenvalue weighted by atomic mass is 15.2. The van der Waals surface area contributed by atoms with Gasteiger partial charge in [-0.25, -0.2) is 4.98 Å². The standard InChI is InChI=1S/C14H24N4/c1-17-10-16-9-14(17)13(8-15)18-7-3-5-11-4-2-6-12(11)18/h9-13H,2-8,15H2,1H3. The van der Waals surface area contributed by atoms with Crippen molar-refractivity contribution in [1.82, 2.24) is 14.5 Å². The van der Waals surface area contributed by atoms with E-state index in [4.69, 9.17) is 5.73 Å². The van der Waals surface area contributed by atoms with Gasteiger partial charge in [-0.2, -0.15) is 0 Å². The second-order valence-electron chi connectivity index (χ2n) is 5.82. The zero-order chi connectivity index (χ0) is 12.5. The SMILES string of the molecule is Cn1cncc1C(CN)N1CCCC2CCCC21. The molecule has 1 aromatic heterocycles. The van der Waals surface area contributed by atoms with Gasteiger partial charge in [0, 0.05) is 25.8 Å². The molecule has 3 rings (SSSR count). The molecule has 1 saturated heterocycles. The molecule has 1 aliphatic heterocycles. The van der Waals surface area contributed by atoms with Crippen LogP contribution in [0.5, 0.6) is 0 Å². The van der Waals surface area contributed by atoms with Gasteiger partial charge < -0.3 is 10.3 Å². The number of imidazole rings is 1. The molecule has 100 valence electrons. The lowest BCUT2D eigenvalue weighted by Crippen LogP contribution is -2.47. The van der Waals surface area contributed by atoms with Crippen LogP contribution in [0.25, 0.3) is 0 Å². The Morgan fingerprint density at radius 2 is 2.22 bits per heavy atom. The second kappa shape index (κ2) is 5.02. The fourth-order valence-corrected chi connectivity index (χ4v) is 3.99. The molecular formula is C14H24N4. The van der Waals surface area contributed by atoms with Gasteiger partial charge in [0.15, 0.2) is 0 Å². The monoisotopic (exact) mass is 248 g/mol. The molecule has 0 spiro atoms. The maximum absolute atomic E-state index is 6.06. The Kier molecular flexibility index (Phi) is 3.39. The number of fused-ring (bicyclic) bond motifs is 1. The smallest absolute Gasteiger partial charge is 0.0946 e. The van der Waals surface area contributed by atoms with Crippen LogP contribution in [-0.4, -0.2) is 33.6 Å². The molecule has 2 aliphatic rings. The molecule has 3 unspecified atom stereocenters. The van der Waals surface area contributed by atoms with Gasteiger partial charge in [0.05, 0.1) is 18.1 Å². The summed E-state index contributed by atoms with van der Waals surface area (Å²) >= 11 is 0. The first kappa shape index (κ1) is 12.2. The van der Waals surface area contributed by atoms with Crippen molar-refractivity contribution in [3.05, 3.63) is 18.2 Å². The van der Waals surface area contributed by atoms with Crippen molar-refractivity contribution in [1.29, 1.82) is 0 Å². The van der Waals surface area contributed by atoms with Crippen LogP contribution in [0, 0.1) is 5.92 Å². The summed E-state index contributed by atoms with van der Waals surface area (Å²) in [5.41, 5.74) is 7.33. The van der Waals surface area contributed by atoms with Crippen LogP contribution < -0.4 is 5.73 Å². The van der Waals surface area contributed by atoms with E-state index in [1.165, 1.54) is 44.3 Å². The van der Waals surface area contributed by atoms with E-state index in [9.17, 15) is 0 Å². The van der Waals surface area contributed by atoms with E-state index in [2.05, 4.69) is 21.5 Å². The molecule has 2 N–H and O–H groups in total. The average Bonchev–Trinajstić information content (AvgIpc) is 3.00. The minimum absolute atomic E-state index is 0.350. The minimum atomic E-state index is 0.350. The third-order valence-corrected chi connectivity index (χ3v) is 4.86. The largest absolute Gasteiger partial charge is 0.336 e. The summed E-state index contributed by atoms with van der Waals surface area (Å²) in [7, 11) is 2.07. The fourth-order valence-electron chi connectivity index (χ4n) is 3.99. The van der Waals surface area contributed by atoms with Crippen LogP contribution >= 0.6 is 0 Å². The Morgan fingerprint density at radius 1 is 1.39 bits per heavy atom. The number of nitrogens with two attached hydrogens (primary N) is 1. The summed E-state index contributed by atoms with van der Waals surface area (Å²) in [6.07, 6.45) is 10.8. The van der Waals surface area contributed by atoms with E-state index < -0.39 is 0 Å². The van der Waals surface area contributed by atoms with Crippen molar-refractivity contribution in [2.75, 3.05) is 13.1 Å². The molecule has 18 heavy (non-hydrogen) atoms. The van der Waals surface area contributed by atoms with Crippen molar-refractivity contribution >= 4 is 0 Å². The maximum atomic E-state index is 6.06. The van der Waals surface area contributed by atoms with E-state index in [-0.39, 0.29) is 0 Å². The van der Waals surface area contributed by atoms with Gasteiger partial charge in [0.2, 0.25) is 0 Å². The Balaban J connectivity index is 1.85. The van der Waals surface area contributed by atoms with E-state index in [0.29, 0.717) is 12.6 Å². The molecule has 0 aromatic carbocycles. The number of hydrogen-bond donors (Lipinski definition) is 1. The van der Waals surface area contributed by atoms with Crippen LogP contribution in [0.15, 0.2) is 12.5 Å². The van der Waals surface area contributed by atoms with Gasteiger partial charge in [-0.1, -0.05) is 6.42 Å². The summed E-state index contributed by atoms with van der Waals surface area (Å²) in [6, 6.07) is 1.12. The molecule has 4 nitrogen and oxygen atoms in total. The van der Waals surface area contributed by atoms with Gasteiger partial charge in [-0.05, 0) is 38.1 Å². The Labute approximate surface area is 109 Å². The highest BCUT2D eigenvalue weighted by Gasteiger charge is 2.38. The van der Waals surface area contributed by atoms with Crippen molar-refractivity contribution in [2.45, 2.75) is 44.2 Å². The summed E-state index contributed by atoms with van der Waals surface area (Å²) < 4.78 is 2.12. The number of nitrogens with zero attached hydrogens (tertiary/aromatic N) is 3. The number of aromatic nitrogens is 2. The van der Waals surface area contributed by atoms with Crippen LogP contribution in [-0.2, 0) is 7.05 Å². The van der Waals surface area contributed by atoms with Gasteiger partial charge in [-0.3, -0.25) is 4.90 Å². The molecule has 2 heterocycles. The van der Waals surface area contributed by atoms with Gasteiger partial charge in [-0.15, -0.1) is 0 Å². The van der Waals surface area contributed by atoms with Crippen LogP contribution in [0.4, 0.5) is 0 Å². The molecule has 1 aromatic rings. The molecule has 1 saturated carbocycles. The summed E-state index contributed by atoms with van der Waals surface area (Å²) in [5.74, 6) is 0.918. The predicted molar refractivity (Wildman–Crippen MR) is 72.1 cm³/mol. The van der Waals surface area contributed by atoms with E-state index in [1.807, 2.05) is 12.5 Å². The number of likely N-dealkylation sites (tertiary alicyclic amines) is 1. The summed E-state index contributed by atoms with van der Waals surface area (Å²) in [5, 5.41) is 0. The molecular weight excluding hydrogens is 224 g/mol. The molecule has 1 aliphatic carbocycles. The number of piperidine rings is 1. The number of aryl methyl sites for hydroxylation is 1. The Bertz CT molecular complexity index is 400. The van der Waals surface area contributed by atoms with Crippen molar-refractivity contribution in [3.63, 3.8) is 0 Å². The van der Waals surface area contributed by atoms with Crippen LogP contribution in [0.2, 0.25) is 0 Å². The van der Waals surface area contributed by atoms with E-state index in [1.54, 1.807) is 0 Å². The maximum Gasteiger partial charge on any atom is 0.0946 e. The highest BCUT2D eigenvalue weighted by molar-refractivity contribution is 5.08. The summed E-state index contributed by atoms with van der Waals surface area (Å²) in [4.78, 5) is 6.92. The lowest BCUT2D eigenvalue weighted by Gasteiger charge is -2.42. The van der Waals surface area contributed by atoms with Gasteiger partial charge >= 0.3 is 0 Å². The minimum Gasteiger partial charge on any atom is -0.336 e. The van der Waals surface area contributed by atoms with E-state index in [0.717, 1.165) is 12.0 Å². The van der Waals surface area contributed by atoms with Gasteiger partial charge in [0.25, 0.3) is 0 Å². The number of hydrogen-bond acceptors (Lipinski definition) is 3. The number of rotatable bonds is 3. The lowest BCUT2D eigenvalue weighted by atomic mass is 9.90. The normalized spacial score (nSPS) is 30.3. The Hall–Kier alpha value is -0.870. The average molecular weight is 248 g/mol. The fraction of sp³-hybridized carbons (Fsp3) is 0.786. The molecule has 0 radical (unpaired) electrons. The third-order valence-electron chi connectivity index (χ3n) is 4.86. The molecule has 2 fully saturated rings. The second-order valence-corrected chi connectivity index (χ2v) is 5.82. The lowest BCUT2D eigenvalue weighted by molar-refractivity contribution is 0.0671. The van der Waals surface area contributed by atoms with E-state index >= 15 is 0 Å². The zero-order valence-corrected chi connectivity index (χ0v) is 11.3. The highest BCUT2D eigenvalue weighted by Crippen LogP contribution is 2.40. The first-order valence-corrected chi connectivity index (χ1v) is 7.23. The molecule has 3 atom stereocenters. The van der Waals surface area contributed by atoms with Crippen molar-refractivity contribution < 1.29 is 0 Å². The van der Waals surface area contributed by atoms with Crippen molar-refractivity contribution in [3.8, 4) is 0 Å². The predicted octanol–water partition coefficient (Wildman–Crippen LogP) is 1.68. The van der Waals surface area contributed by atoms with Crippen LogP contribution in [0.3, 0.4) is 0 Å². The molecule has 0 amide bonds. The summed E-state index contributed by atoms with van der Waals surface area (Å²) in [6.45, 7) is 1.90.